The molecule has 0 bridgehead atoms. The van der Waals surface area contributed by atoms with Gasteiger partial charge in [0.25, 0.3) is 5.56 Å². The van der Waals surface area contributed by atoms with Crippen LogP contribution < -0.4 is 11.3 Å². The van der Waals surface area contributed by atoms with Crippen molar-refractivity contribution in [3.8, 4) is 22.5 Å². The molecular formula is C30H30N6O4. The minimum atomic E-state index is -0.600. The Hall–Kier alpha value is -4.60. The first kappa shape index (κ1) is 25.7. The van der Waals surface area contributed by atoms with E-state index in [4.69, 9.17) is 14.0 Å². The van der Waals surface area contributed by atoms with E-state index >= 15 is 0 Å². The largest absolute Gasteiger partial charge is 0.439 e. The van der Waals surface area contributed by atoms with E-state index in [9.17, 15) is 9.59 Å². The zero-order valence-electron chi connectivity index (χ0n) is 22.5. The van der Waals surface area contributed by atoms with E-state index in [2.05, 4.69) is 27.2 Å². The molecule has 1 saturated carbocycles. The lowest BCUT2D eigenvalue weighted by Gasteiger charge is -2.16. The van der Waals surface area contributed by atoms with Crippen molar-refractivity contribution in [1.82, 2.24) is 29.8 Å². The van der Waals surface area contributed by atoms with Gasteiger partial charge in [0, 0.05) is 29.7 Å². The summed E-state index contributed by atoms with van der Waals surface area (Å²) in [6.45, 7) is 4.34. The van der Waals surface area contributed by atoms with Crippen LogP contribution in [-0.4, -0.2) is 29.8 Å². The van der Waals surface area contributed by atoms with Crippen LogP contribution in [0.2, 0.25) is 0 Å². The van der Waals surface area contributed by atoms with Crippen molar-refractivity contribution in [1.29, 1.82) is 0 Å². The Morgan fingerprint density at radius 2 is 1.75 bits per heavy atom. The van der Waals surface area contributed by atoms with Gasteiger partial charge in [-0.05, 0) is 48.8 Å². The lowest BCUT2D eigenvalue weighted by molar-refractivity contribution is 0.377. The van der Waals surface area contributed by atoms with Crippen LogP contribution >= 0.6 is 0 Å². The number of aryl methyl sites for hydroxylation is 2. The maximum atomic E-state index is 13.8. The SMILES string of the molecule is CCCc1nc(C)c(Cc2nc(CC3CC3)no2)c(=O)n1Cc1ccc(-c2ccccc2-c2noc(=O)[nH]2)cc1. The highest BCUT2D eigenvalue weighted by molar-refractivity contribution is 5.80. The predicted molar refractivity (Wildman–Crippen MR) is 148 cm³/mol. The summed E-state index contributed by atoms with van der Waals surface area (Å²) >= 11 is 0. The number of benzene rings is 2. The van der Waals surface area contributed by atoms with Gasteiger partial charge in [-0.15, -0.1) is 0 Å². The standard InChI is InChI=1S/C30H30N6O4/c1-3-6-26-31-18(2)24(16-27-32-25(34-39-27)15-19-9-10-19)29(37)36(26)17-20-11-13-21(14-12-20)22-7-4-5-8-23(22)28-33-30(38)40-35-28/h4-5,7-8,11-14,19H,3,6,9-10,15-17H2,1-2H3,(H,33,35,38). The molecule has 0 radical (unpaired) electrons. The lowest BCUT2D eigenvalue weighted by atomic mass is 9.98. The van der Waals surface area contributed by atoms with Crippen molar-refractivity contribution in [2.45, 2.75) is 58.9 Å². The molecule has 2 aromatic carbocycles. The van der Waals surface area contributed by atoms with Crippen LogP contribution in [0.3, 0.4) is 0 Å². The summed E-state index contributed by atoms with van der Waals surface area (Å²) in [4.78, 5) is 37.2. The third-order valence-electron chi connectivity index (χ3n) is 7.26. The van der Waals surface area contributed by atoms with Crippen LogP contribution in [0.4, 0.5) is 0 Å². The summed E-state index contributed by atoms with van der Waals surface area (Å²) < 4.78 is 11.9. The molecule has 10 nitrogen and oxygen atoms in total. The molecule has 204 valence electrons. The van der Waals surface area contributed by atoms with E-state index in [-0.39, 0.29) is 12.0 Å². The van der Waals surface area contributed by atoms with E-state index in [0.717, 1.165) is 40.9 Å². The molecule has 5 aromatic rings. The number of nitrogens with zero attached hydrogens (tertiary/aromatic N) is 5. The topological polar surface area (TPSA) is 133 Å². The zero-order valence-corrected chi connectivity index (χ0v) is 22.5. The molecule has 6 rings (SSSR count). The van der Waals surface area contributed by atoms with Crippen LogP contribution in [0.1, 0.15) is 60.5 Å². The second kappa shape index (κ2) is 10.9. The van der Waals surface area contributed by atoms with Crippen LogP contribution in [-0.2, 0) is 25.8 Å². The minimum Gasteiger partial charge on any atom is -0.339 e. The third-order valence-corrected chi connectivity index (χ3v) is 7.26. The summed E-state index contributed by atoms with van der Waals surface area (Å²) in [5.41, 5.74) is 4.78. The van der Waals surface area contributed by atoms with E-state index in [1.165, 1.54) is 12.8 Å². The molecule has 0 atom stereocenters. The van der Waals surface area contributed by atoms with Gasteiger partial charge in [0.15, 0.2) is 11.6 Å². The molecule has 0 spiro atoms. The highest BCUT2D eigenvalue weighted by Gasteiger charge is 2.24. The first-order valence-corrected chi connectivity index (χ1v) is 13.6. The van der Waals surface area contributed by atoms with Gasteiger partial charge in [-0.1, -0.05) is 65.8 Å². The molecule has 1 N–H and O–H groups in total. The molecule has 1 aliphatic carbocycles. The number of aromatic nitrogens is 6. The minimum absolute atomic E-state index is 0.0812. The Kier molecular flexibility index (Phi) is 6.98. The molecule has 1 fully saturated rings. The normalized spacial score (nSPS) is 13.2. The Balaban J connectivity index is 1.28. The fourth-order valence-electron chi connectivity index (χ4n) is 4.97. The Morgan fingerprint density at radius 3 is 2.45 bits per heavy atom. The maximum absolute atomic E-state index is 13.8. The van der Waals surface area contributed by atoms with E-state index in [1.807, 2.05) is 55.5 Å². The lowest BCUT2D eigenvalue weighted by Crippen LogP contribution is -2.30. The fourth-order valence-corrected chi connectivity index (χ4v) is 4.97. The van der Waals surface area contributed by atoms with Crippen molar-refractivity contribution < 1.29 is 9.05 Å². The van der Waals surface area contributed by atoms with E-state index in [0.29, 0.717) is 47.7 Å². The average Bonchev–Trinajstić information content (AvgIpc) is 3.49. The molecule has 1 aliphatic rings. The van der Waals surface area contributed by atoms with Gasteiger partial charge >= 0.3 is 5.76 Å². The van der Waals surface area contributed by atoms with Gasteiger partial charge < -0.3 is 4.52 Å². The van der Waals surface area contributed by atoms with Gasteiger partial charge in [-0.25, -0.2) is 9.78 Å². The smallest absolute Gasteiger partial charge is 0.339 e. The number of H-pyrrole nitrogens is 1. The number of aromatic amines is 1. The van der Waals surface area contributed by atoms with Crippen LogP contribution in [0, 0.1) is 12.8 Å². The van der Waals surface area contributed by atoms with Crippen molar-refractivity contribution in [2.75, 3.05) is 0 Å². The predicted octanol–water partition coefficient (Wildman–Crippen LogP) is 4.49. The van der Waals surface area contributed by atoms with Crippen LogP contribution in [0.25, 0.3) is 22.5 Å². The molecule has 10 heteroatoms. The maximum Gasteiger partial charge on any atom is 0.439 e. The quantitative estimate of drug-likeness (QED) is 0.275. The Morgan fingerprint density at radius 1 is 0.975 bits per heavy atom. The third kappa shape index (κ3) is 5.42. The van der Waals surface area contributed by atoms with E-state index in [1.54, 1.807) is 4.57 Å². The number of rotatable bonds is 10. The first-order valence-electron chi connectivity index (χ1n) is 13.6. The summed E-state index contributed by atoms with van der Waals surface area (Å²) in [5, 5.41) is 7.95. The van der Waals surface area contributed by atoms with Gasteiger partial charge in [-0.3, -0.25) is 18.9 Å². The molecular weight excluding hydrogens is 508 g/mol. The Labute approximate surface area is 230 Å². The zero-order chi connectivity index (χ0) is 27.6. The molecule has 3 aromatic heterocycles. The highest BCUT2D eigenvalue weighted by atomic mass is 16.5. The average molecular weight is 539 g/mol. The monoisotopic (exact) mass is 538 g/mol. The molecule has 0 amide bonds. The van der Waals surface area contributed by atoms with Crippen molar-refractivity contribution in [3.63, 3.8) is 0 Å². The fraction of sp³-hybridized carbons (Fsp3) is 0.333. The van der Waals surface area contributed by atoms with Crippen LogP contribution in [0.15, 0.2) is 67.2 Å². The first-order chi connectivity index (χ1) is 19.5. The second-order valence-corrected chi connectivity index (χ2v) is 10.3. The summed E-state index contributed by atoms with van der Waals surface area (Å²) in [7, 11) is 0. The van der Waals surface area contributed by atoms with Gasteiger partial charge in [0.1, 0.15) is 5.82 Å². The van der Waals surface area contributed by atoms with Crippen LogP contribution in [0.5, 0.6) is 0 Å². The summed E-state index contributed by atoms with van der Waals surface area (Å²) in [5.74, 6) is 2.35. The number of hydrogen-bond donors (Lipinski definition) is 1. The molecule has 0 saturated heterocycles. The summed E-state index contributed by atoms with van der Waals surface area (Å²) in [6, 6.07) is 15.7. The molecule has 0 aliphatic heterocycles. The van der Waals surface area contributed by atoms with Gasteiger partial charge in [0.05, 0.1) is 13.0 Å². The second-order valence-electron chi connectivity index (χ2n) is 10.3. The van der Waals surface area contributed by atoms with Crippen molar-refractivity contribution in [2.24, 2.45) is 5.92 Å². The molecule has 0 unspecified atom stereocenters. The van der Waals surface area contributed by atoms with Crippen molar-refractivity contribution in [3.05, 3.63) is 104 Å². The number of nitrogens with one attached hydrogen (secondary N) is 1. The van der Waals surface area contributed by atoms with E-state index < -0.39 is 5.76 Å². The van der Waals surface area contributed by atoms with Gasteiger partial charge in [-0.2, -0.15) is 4.98 Å². The number of hydrogen-bond acceptors (Lipinski definition) is 8. The highest BCUT2D eigenvalue weighted by Crippen LogP contribution is 2.32. The molecule has 3 heterocycles. The Bertz CT molecular complexity index is 1760. The van der Waals surface area contributed by atoms with Gasteiger partial charge in [0.2, 0.25) is 5.89 Å². The molecule has 40 heavy (non-hydrogen) atoms. The van der Waals surface area contributed by atoms with Crippen molar-refractivity contribution >= 4 is 0 Å². The summed E-state index contributed by atoms with van der Waals surface area (Å²) in [6.07, 6.45) is 5.10.